The van der Waals surface area contributed by atoms with Gasteiger partial charge in [-0.05, 0) is 31.6 Å². The lowest BCUT2D eigenvalue weighted by Crippen LogP contribution is -2.58. The van der Waals surface area contributed by atoms with Crippen molar-refractivity contribution in [3.8, 4) is 0 Å². The molecule has 0 bridgehead atoms. The predicted octanol–water partition coefficient (Wildman–Crippen LogP) is 1.74. The van der Waals surface area contributed by atoms with E-state index in [1.165, 1.54) is 6.42 Å². The Morgan fingerprint density at radius 3 is 1.62 bits per heavy atom. The molecule has 0 unspecified atom stereocenters. The highest BCUT2D eigenvalue weighted by Gasteiger charge is 2.32. The summed E-state index contributed by atoms with van der Waals surface area (Å²) in [4.78, 5) is 50.0. The molecule has 0 aromatic heterocycles. The second kappa shape index (κ2) is 14.6. The van der Waals surface area contributed by atoms with Crippen LogP contribution >= 0.6 is 12.6 Å². The lowest BCUT2D eigenvalue weighted by molar-refractivity contribution is -0.142. The van der Waals surface area contributed by atoms with Gasteiger partial charge in [0.2, 0.25) is 17.7 Å². The van der Waals surface area contributed by atoms with Gasteiger partial charge in [0.1, 0.15) is 18.1 Å². The number of hydrogen-bond donors (Lipinski definition) is 6. The quantitative estimate of drug-likeness (QED) is 0.226. The van der Waals surface area contributed by atoms with E-state index in [0.29, 0.717) is 18.8 Å². The van der Waals surface area contributed by atoms with Gasteiger partial charge in [-0.25, -0.2) is 4.79 Å². The fourth-order valence-corrected chi connectivity index (χ4v) is 5.26. The number of nitrogens with one attached hydrogen (secondary N) is 3. The molecule has 10 heteroatoms. The maximum absolute atomic E-state index is 13.1. The highest BCUT2D eigenvalue weighted by molar-refractivity contribution is 7.80. The summed E-state index contributed by atoms with van der Waals surface area (Å²) in [5.74, 6) is -1.98. The minimum Gasteiger partial charge on any atom is -0.480 e. The third kappa shape index (κ3) is 9.44. The Labute approximate surface area is 208 Å². The Kier molecular flexibility index (Phi) is 12.2. The summed E-state index contributed by atoms with van der Waals surface area (Å²) in [7, 11) is 0. The van der Waals surface area contributed by atoms with Crippen molar-refractivity contribution in [3.05, 3.63) is 0 Å². The zero-order valence-corrected chi connectivity index (χ0v) is 21.2. The maximum Gasteiger partial charge on any atom is 0.326 e. The van der Waals surface area contributed by atoms with E-state index in [1.807, 2.05) is 0 Å². The SMILES string of the molecule is C[C@H](N)C(=O)N[C@@H](CC1CCCCC1)C(=O)N[C@@H](CS)C(=O)N[C@@H](CC1CCCCC1)C(=O)O. The van der Waals surface area contributed by atoms with Gasteiger partial charge in [-0.1, -0.05) is 64.2 Å². The maximum atomic E-state index is 13.1. The van der Waals surface area contributed by atoms with Crippen LogP contribution in [0.5, 0.6) is 0 Å². The molecule has 2 aliphatic rings. The molecule has 0 saturated heterocycles. The number of carbonyl (C=O) groups excluding carboxylic acids is 3. The lowest BCUT2D eigenvalue weighted by Gasteiger charge is -2.29. The zero-order valence-electron chi connectivity index (χ0n) is 20.3. The molecule has 0 spiro atoms. The first-order valence-electron chi connectivity index (χ1n) is 12.7. The van der Waals surface area contributed by atoms with Crippen molar-refractivity contribution in [3.63, 3.8) is 0 Å². The van der Waals surface area contributed by atoms with Gasteiger partial charge in [0.15, 0.2) is 0 Å². The Morgan fingerprint density at radius 2 is 1.18 bits per heavy atom. The average Bonchev–Trinajstić information content (AvgIpc) is 2.82. The van der Waals surface area contributed by atoms with E-state index in [4.69, 9.17) is 5.73 Å². The predicted molar refractivity (Wildman–Crippen MR) is 133 cm³/mol. The fraction of sp³-hybridized carbons (Fsp3) is 0.833. The van der Waals surface area contributed by atoms with E-state index in [0.717, 1.165) is 57.8 Å². The second-order valence-corrected chi connectivity index (χ2v) is 10.3. The van der Waals surface area contributed by atoms with E-state index in [2.05, 4.69) is 28.6 Å². The standard InChI is InChI=1S/C24H42N4O5S/c1-15(25)21(29)26-18(12-16-8-4-2-5-9-16)22(30)28-20(14-34)23(31)27-19(24(32)33)13-17-10-6-3-7-11-17/h15-20,34H,2-14,25H2,1H3,(H,26,29)(H,27,31)(H,28,30)(H,32,33)/t15-,18-,19-,20-/m0/s1. The van der Waals surface area contributed by atoms with Gasteiger partial charge in [0.05, 0.1) is 6.04 Å². The van der Waals surface area contributed by atoms with Gasteiger partial charge in [0, 0.05) is 5.75 Å². The second-order valence-electron chi connectivity index (χ2n) is 9.97. The molecular formula is C24H42N4O5S. The van der Waals surface area contributed by atoms with Crippen molar-refractivity contribution in [2.24, 2.45) is 17.6 Å². The van der Waals surface area contributed by atoms with E-state index in [9.17, 15) is 24.3 Å². The molecule has 0 aliphatic heterocycles. The van der Waals surface area contributed by atoms with Crippen LogP contribution in [-0.2, 0) is 19.2 Å². The smallest absolute Gasteiger partial charge is 0.326 e. The van der Waals surface area contributed by atoms with Crippen LogP contribution in [0.2, 0.25) is 0 Å². The number of carboxylic acid groups (broad SMARTS) is 1. The van der Waals surface area contributed by atoms with Gasteiger partial charge in [-0.15, -0.1) is 0 Å². The van der Waals surface area contributed by atoms with E-state index in [-0.39, 0.29) is 11.7 Å². The van der Waals surface area contributed by atoms with Gasteiger partial charge < -0.3 is 26.8 Å². The first-order valence-corrected chi connectivity index (χ1v) is 13.3. The van der Waals surface area contributed by atoms with Gasteiger partial charge in [-0.3, -0.25) is 14.4 Å². The Hall–Kier alpha value is -1.81. The molecule has 6 N–H and O–H groups in total. The number of hydrogen-bond acceptors (Lipinski definition) is 6. The highest BCUT2D eigenvalue weighted by atomic mass is 32.1. The van der Waals surface area contributed by atoms with Crippen LogP contribution in [0.1, 0.15) is 84.0 Å². The third-order valence-corrected chi connectivity index (χ3v) is 7.43. The molecule has 0 aromatic rings. The molecule has 3 amide bonds. The Balaban J connectivity index is 2.00. The molecule has 2 fully saturated rings. The van der Waals surface area contributed by atoms with Crippen LogP contribution in [0, 0.1) is 11.8 Å². The summed E-state index contributed by atoms with van der Waals surface area (Å²) in [5, 5.41) is 17.6. The summed E-state index contributed by atoms with van der Waals surface area (Å²) >= 11 is 4.21. The van der Waals surface area contributed by atoms with Crippen molar-refractivity contribution in [2.75, 3.05) is 5.75 Å². The number of thiol groups is 1. The summed E-state index contributed by atoms with van der Waals surface area (Å²) < 4.78 is 0. The first-order chi connectivity index (χ1) is 16.2. The largest absolute Gasteiger partial charge is 0.480 e. The van der Waals surface area contributed by atoms with Crippen LogP contribution in [0.3, 0.4) is 0 Å². The zero-order chi connectivity index (χ0) is 25.1. The molecular weight excluding hydrogens is 456 g/mol. The molecule has 194 valence electrons. The molecule has 0 aromatic carbocycles. The summed E-state index contributed by atoms with van der Waals surface area (Å²) in [5.41, 5.74) is 5.68. The van der Waals surface area contributed by atoms with E-state index < -0.39 is 47.9 Å². The Bertz CT molecular complexity index is 693. The number of amides is 3. The number of rotatable bonds is 12. The van der Waals surface area contributed by atoms with Crippen molar-refractivity contribution < 1.29 is 24.3 Å². The van der Waals surface area contributed by atoms with Crippen molar-refractivity contribution >= 4 is 36.3 Å². The summed E-state index contributed by atoms with van der Waals surface area (Å²) in [6.07, 6.45) is 11.5. The minimum atomic E-state index is -1.08. The van der Waals surface area contributed by atoms with Crippen LogP contribution in [-0.4, -0.2) is 58.7 Å². The summed E-state index contributed by atoms with van der Waals surface area (Å²) in [6, 6.07) is -3.59. The van der Waals surface area contributed by atoms with Crippen molar-refractivity contribution in [1.29, 1.82) is 0 Å². The molecule has 2 saturated carbocycles. The average molecular weight is 499 g/mol. The van der Waals surface area contributed by atoms with Crippen LogP contribution < -0.4 is 21.7 Å². The molecule has 2 aliphatic carbocycles. The monoisotopic (exact) mass is 498 g/mol. The molecule has 0 heterocycles. The van der Waals surface area contributed by atoms with E-state index in [1.54, 1.807) is 6.92 Å². The topological polar surface area (TPSA) is 151 Å². The minimum absolute atomic E-state index is 0.00469. The van der Waals surface area contributed by atoms with Gasteiger partial charge >= 0.3 is 5.97 Å². The highest BCUT2D eigenvalue weighted by Crippen LogP contribution is 2.28. The third-order valence-electron chi connectivity index (χ3n) is 7.06. The molecule has 9 nitrogen and oxygen atoms in total. The van der Waals surface area contributed by atoms with Gasteiger partial charge in [-0.2, -0.15) is 12.6 Å². The van der Waals surface area contributed by atoms with Crippen LogP contribution in [0.15, 0.2) is 0 Å². The number of nitrogens with two attached hydrogens (primary N) is 1. The molecule has 2 rings (SSSR count). The van der Waals surface area contributed by atoms with Crippen molar-refractivity contribution in [2.45, 2.75) is 108 Å². The van der Waals surface area contributed by atoms with Crippen LogP contribution in [0.25, 0.3) is 0 Å². The molecule has 34 heavy (non-hydrogen) atoms. The number of aliphatic carboxylic acids is 1. The molecule has 0 radical (unpaired) electrons. The fourth-order valence-electron chi connectivity index (χ4n) is 5.01. The normalized spacial score (nSPS) is 21.0. The van der Waals surface area contributed by atoms with Gasteiger partial charge in [0.25, 0.3) is 0 Å². The summed E-state index contributed by atoms with van der Waals surface area (Å²) in [6.45, 7) is 1.55. The molecule has 4 atom stereocenters. The van der Waals surface area contributed by atoms with Crippen molar-refractivity contribution in [1.82, 2.24) is 16.0 Å². The van der Waals surface area contributed by atoms with E-state index >= 15 is 0 Å². The lowest BCUT2D eigenvalue weighted by atomic mass is 9.84. The van der Waals surface area contributed by atoms with Crippen LogP contribution in [0.4, 0.5) is 0 Å². The Morgan fingerprint density at radius 1 is 0.765 bits per heavy atom. The first kappa shape index (κ1) is 28.4. The number of carboxylic acids is 1. The number of carbonyl (C=O) groups is 4.